The van der Waals surface area contributed by atoms with Crippen LogP contribution in [0.2, 0.25) is 0 Å². The van der Waals surface area contributed by atoms with Gasteiger partial charge in [0.25, 0.3) is 0 Å². The van der Waals surface area contributed by atoms with Crippen molar-refractivity contribution in [3.8, 4) is 5.75 Å². The van der Waals surface area contributed by atoms with Crippen LogP contribution in [0.15, 0.2) is 22.7 Å². The molecule has 0 heterocycles. The van der Waals surface area contributed by atoms with Crippen molar-refractivity contribution >= 4 is 15.9 Å². The molecule has 1 fully saturated rings. The molecule has 2 atom stereocenters. The average Bonchev–Trinajstić information content (AvgIpc) is 2.40. The van der Waals surface area contributed by atoms with Gasteiger partial charge in [0.05, 0.1) is 6.10 Å². The van der Waals surface area contributed by atoms with E-state index in [1.807, 2.05) is 0 Å². The third-order valence-electron chi connectivity index (χ3n) is 4.24. The number of hydrogen-bond donors (Lipinski definition) is 1. The Morgan fingerprint density at radius 1 is 1.43 bits per heavy atom. The van der Waals surface area contributed by atoms with E-state index in [1.54, 1.807) is 25.3 Å². The van der Waals surface area contributed by atoms with E-state index in [4.69, 9.17) is 4.74 Å². The summed E-state index contributed by atoms with van der Waals surface area (Å²) in [5.74, 6) is 0.209. The third-order valence-corrected chi connectivity index (χ3v) is 4.73. The van der Waals surface area contributed by atoms with Crippen LogP contribution in [0.4, 0.5) is 8.78 Å². The van der Waals surface area contributed by atoms with E-state index >= 15 is 0 Å². The number of methoxy groups -OCH3 is 1. The Balaban J connectivity index is 2.02. The van der Waals surface area contributed by atoms with Gasteiger partial charge in [0, 0.05) is 35.1 Å². The van der Waals surface area contributed by atoms with Gasteiger partial charge >= 0.3 is 6.61 Å². The lowest BCUT2D eigenvalue weighted by Gasteiger charge is -2.51. The standard InChI is InChI=1S/C15H20BrF2NO2/c1-15(2)12(7-13(15)20-3)19-8-9-6-10(16)4-5-11(9)21-14(17)18/h4-6,12-14,19H,7-8H2,1-3H3. The second-order valence-electron chi connectivity index (χ2n) is 5.85. The maximum absolute atomic E-state index is 12.4. The number of hydrogen-bond acceptors (Lipinski definition) is 3. The summed E-state index contributed by atoms with van der Waals surface area (Å²) in [6.45, 7) is 1.94. The lowest BCUT2D eigenvalue weighted by Crippen LogP contribution is -2.60. The van der Waals surface area contributed by atoms with Crippen LogP contribution in [0.3, 0.4) is 0 Å². The molecule has 1 aliphatic carbocycles. The highest BCUT2D eigenvalue weighted by atomic mass is 79.9. The SMILES string of the molecule is COC1CC(NCc2cc(Br)ccc2OC(F)F)C1(C)C. The average molecular weight is 364 g/mol. The smallest absolute Gasteiger partial charge is 0.387 e. The monoisotopic (exact) mass is 363 g/mol. The van der Waals surface area contributed by atoms with Crippen LogP contribution in [0.25, 0.3) is 0 Å². The van der Waals surface area contributed by atoms with E-state index in [-0.39, 0.29) is 17.3 Å². The molecule has 0 saturated heterocycles. The fraction of sp³-hybridized carbons (Fsp3) is 0.600. The normalized spacial score (nSPS) is 24.0. The predicted molar refractivity (Wildman–Crippen MR) is 80.6 cm³/mol. The number of nitrogens with one attached hydrogen (secondary N) is 1. The first-order valence-corrected chi connectivity index (χ1v) is 7.63. The first kappa shape index (κ1) is 16.6. The molecule has 0 radical (unpaired) electrons. The molecule has 21 heavy (non-hydrogen) atoms. The summed E-state index contributed by atoms with van der Waals surface area (Å²) in [5.41, 5.74) is 0.742. The summed E-state index contributed by atoms with van der Waals surface area (Å²) in [6.07, 6.45) is 1.15. The van der Waals surface area contributed by atoms with Gasteiger partial charge in [-0.3, -0.25) is 0 Å². The molecular weight excluding hydrogens is 344 g/mol. The van der Waals surface area contributed by atoms with Gasteiger partial charge in [0.15, 0.2) is 0 Å². The molecule has 1 aromatic carbocycles. The van der Waals surface area contributed by atoms with E-state index < -0.39 is 6.61 Å². The zero-order valence-corrected chi connectivity index (χ0v) is 13.9. The van der Waals surface area contributed by atoms with Crippen molar-refractivity contribution in [3.63, 3.8) is 0 Å². The van der Waals surface area contributed by atoms with E-state index in [1.165, 1.54) is 0 Å². The van der Waals surface area contributed by atoms with E-state index in [9.17, 15) is 8.78 Å². The maximum Gasteiger partial charge on any atom is 0.387 e. The first-order valence-electron chi connectivity index (χ1n) is 6.84. The van der Waals surface area contributed by atoms with Gasteiger partial charge in [-0.1, -0.05) is 29.8 Å². The van der Waals surface area contributed by atoms with Crippen LogP contribution in [0, 0.1) is 5.41 Å². The molecule has 2 rings (SSSR count). The fourth-order valence-electron chi connectivity index (χ4n) is 2.76. The van der Waals surface area contributed by atoms with Crippen LogP contribution < -0.4 is 10.1 Å². The Bertz CT molecular complexity index is 497. The Kier molecular flexibility index (Phi) is 5.22. The second kappa shape index (κ2) is 6.58. The van der Waals surface area contributed by atoms with Gasteiger partial charge in [-0.25, -0.2) is 0 Å². The zero-order valence-electron chi connectivity index (χ0n) is 12.3. The van der Waals surface area contributed by atoms with Crippen LogP contribution in [0.1, 0.15) is 25.8 Å². The molecule has 1 aromatic rings. The number of benzene rings is 1. The van der Waals surface area contributed by atoms with Crippen molar-refractivity contribution in [2.45, 2.75) is 45.6 Å². The van der Waals surface area contributed by atoms with Gasteiger partial charge in [-0.05, 0) is 24.6 Å². The number of alkyl halides is 2. The second-order valence-corrected chi connectivity index (χ2v) is 6.76. The summed E-state index contributed by atoms with van der Waals surface area (Å²) in [5, 5.41) is 3.41. The molecule has 2 unspecified atom stereocenters. The molecule has 1 N–H and O–H groups in total. The molecular formula is C15H20BrF2NO2. The van der Waals surface area contributed by atoms with Gasteiger partial charge < -0.3 is 14.8 Å². The summed E-state index contributed by atoms with van der Waals surface area (Å²) < 4.78 is 35.7. The van der Waals surface area contributed by atoms with E-state index in [0.717, 1.165) is 10.9 Å². The Labute approximate surface area is 132 Å². The number of ether oxygens (including phenoxy) is 2. The minimum absolute atomic E-state index is 0.0322. The van der Waals surface area contributed by atoms with Crippen molar-refractivity contribution in [2.24, 2.45) is 5.41 Å². The summed E-state index contributed by atoms with van der Waals surface area (Å²) in [6, 6.07) is 5.33. The van der Waals surface area contributed by atoms with Crippen molar-refractivity contribution < 1.29 is 18.3 Å². The molecule has 1 aliphatic rings. The Hall–Kier alpha value is -0.720. The van der Waals surface area contributed by atoms with Crippen molar-refractivity contribution in [2.75, 3.05) is 7.11 Å². The number of rotatable bonds is 6. The van der Waals surface area contributed by atoms with Crippen LogP contribution in [-0.4, -0.2) is 25.9 Å². The van der Waals surface area contributed by atoms with Crippen LogP contribution in [-0.2, 0) is 11.3 Å². The van der Waals surface area contributed by atoms with Crippen LogP contribution >= 0.6 is 15.9 Å². The maximum atomic E-state index is 12.4. The fourth-order valence-corrected chi connectivity index (χ4v) is 3.17. The highest BCUT2D eigenvalue weighted by Gasteiger charge is 2.48. The summed E-state index contributed by atoms with van der Waals surface area (Å²) in [7, 11) is 1.71. The largest absolute Gasteiger partial charge is 0.434 e. The lowest BCUT2D eigenvalue weighted by molar-refractivity contribution is -0.0980. The molecule has 3 nitrogen and oxygen atoms in total. The molecule has 6 heteroatoms. The van der Waals surface area contributed by atoms with E-state index in [2.05, 4.69) is 39.8 Å². The van der Waals surface area contributed by atoms with Gasteiger partial charge in [0.2, 0.25) is 0 Å². The molecule has 118 valence electrons. The topological polar surface area (TPSA) is 30.5 Å². The number of halogens is 3. The summed E-state index contributed by atoms with van der Waals surface area (Å²) in [4.78, 5) is 0. The molecule has 0 aliphatic heterocycles. The van der Waals surface area contributed by atoms with Crippen LogP contribution in [0.5, 0.6) is 5.75 Å². The zero-order chi connectivity index (χ0) is 15.6. The molecule has 0 aromatic heterocycles. The first-order chi connectivity index (χ1) is 9.84. The highest BCUT2D eigenvalue weighted by Crippen LogP contribution is 2.42. The molecule has 0 spiro atoms. The van der Waals surface area contributed by atoms with E-state index in [0.29, 0.717) is 18.2 Å². The van der Waals surface area contributed by atoms with Crippen molar-refractivity contribution in [1.82, 2.24) is 5.32 Å². The lowest BCUT2D eigenvalue weighted by atomic mass is 9.64. The predicted octanol–water partition coefficient (Wildman–Crippen LogP) is 3.95. The minimum Gasteiger partial charge on any atom is -0.434 e. The highest BCUT2D eigenvalue weighted by molar-refractivity contribution is 9.10. The van der Waals surface area contributed by atoms with Crippen molar-refractivity contribution in [1.29, 1.82) is 0 Å². The molecule has 0 bridgehead atoms. The molecule has 1 saturated carbocycles. The minimum atomic E-state index is -2.82. The Morgan fingerprint density at radius 3 is 2.71 bits per heavy atom. The van der Waals surface area contributed by atoms with Gasteiger partial charge in [0.1, 0.15) is 5.75 Å². The van der Waals surface area contributed by atoms with Crippen molar-refractivity contribution in [3.05, 3.63) is 28.2 Å². The third kappa shape index (κ3) is 3.73. The molecule has 0 amide bonds. The Morgan fingerprint density at radius 2 is 2.14 bits per heavy atom. The summed E-state index contributed by atoms with van der Waals surface area (Å²) >= 11 is 3.35. The quantitative estimate of drug-likeness (QED) is 0.829. The van der Waals surface area contributed by atoms with Gasteiger partial charge in [-0.15, -0.1) is 0 Å². The van der Waals surface area contributed by atoms with Gasteiger partial charge in [-0.2, -0.15) is 8.78 Å².